The molecule has 0 unspecified atom stereocenters. The fourth-order valence-corrected chi connectivity index (χ4v) is 1.72. The molecule has 19 heavy (non-hydrogen) atoms. The molecule has 0 aliphatic carbocycles. The number of carbonyl (C=O) groups is 1. The van der Waals surface area contributed by atoms with Crippen LogP contribution in [0.4, 0.5) is 5.82 Å². The van der Waals surface area contributed by atoms with Gasteiger partial charge in [-0.15, -0.1) is 0 Å². The van der Waals surface area contributed by atoms with E-state index in [1.165, 1.54) is 0 Å². The zero-order chi connectivity index (χ0) is 14.1. The van der Waals surface area contributed by atoms with Crippen LogP contribution in [-0.4, -0.2) is 35.8 Å². The Morgan fingerprint density at radius 3 is 2.84 bits per heavy atom. The highest BCUT2D eigenvalue weighted by atomic mass is 16.5. The highest BCUT2D eigenvalue weighted by Gasteiger charge is 2.07. The number of nitrogens with one attached hydrogen (secondary N) is 1. The number of rotatable bonds is 9. The Bertz CT molecular complexity index is 408. The van der Waals surface area contributed by atoms with Crippen molar-refractivity contribution in [2.75, 3.05) is 25.1 Å². The van der Waals surface area contributed by atoms with Crippen LogP contribution in [-0.2, 0) is 11.2 Å². The molecule has 5 nitrogen and oxygen atoms in total. The fraction of sp³-hybridized carbons (Fsp3) is 0.571. The number of carboxylic acid groups (broad SMARTS) is 1. The summed E-state index contributed by atoms with van der Waals surface area (Å²) < 4.78 is 5.24. The topological polar surface area (TPSA) is 71.5 Å². The van der Waals surface area contributed by atoms with E-state index in [9.17, 15) is 4.79 Å². The number of anilines is 1. The van der Waals surface area contributed by atoms with Crippen LogP contribution in [0.5, 0.6) is 0 Å². The maximum absolute atomic E-state index is 11.0. The van der Waals surface area contributed by atoms with Crippen molar-refractivity contribution in [2.24, 2.45) is 0 Å². The normalized spacial score (nSPS) is 10.4. The number of nitrogens with zero attached hydrogens (tertiary/aromatic N) is 1. The molecule has 0 fully saturated rings. The predicted octanol–water partition coefficient (Wildman–Crippen LogP) is 2.57. The van der Waals surface area contributed by atoms with Crippen molar-refractivity contribution in [2.45, 2.75) is 33.1 Å². The Balaban J connectivity index is 2.62. The smallest absolute Gasteiger partial charge is 0.335 e. The van der Waals surface area contributed by atoms with Crippen LogP contribution in [0.2, 0.25) is 0 Å². The van der Waals surface area contributed by atoms with Crippen LogP contribution in [0.3, 0.4) is 0 Å². The molecular weight excluding hydrogens is 244 g/mol. The van der Waals surface area contributed by atoms with E-state index >= 15 is 0 Å². The largest absolute Gasteiger partial charge is 0.478 e. The number of hydrogen-bond donors (Lipinski definition) is 2. The number of ether oxygens (including phenoxy) is 1. The average Bonchev–Trinajstić information content (AvgIpc) is 2.38. The molecule has 0 aliphatic rings. The van der Waals surface area contributed by atoms with Gasteiger partial charge in [-0.25, -0.2) is 9.78 Å². The van der Waals surface area contributed by atoms with E-state index < -0.39 is 5.97 Å². The zero-order valence-corrected chi connectivity index (χ0v) is 11.6. The van der Waals surface area contributed by atoms with Gasteiger partial charge in [0.1, 0.15) is 5.82 Å². The summed E-state index contributed by atoms with van der Waals surface area (Å²) >= 11 is 0. The maximum Gasteiger partial charge on any atom is 0.335 e. The van der Waals surface area contributed by atoms with Crippen molar-refractivity contribution in [3.8, 4) is 0 Å². The Labute approximate surface area is 114 Å². The van der Waals surface area contributed by atoms with Gasteiger partial charge in [-0.3, -0.25) is 0 Å². The molecule has 1 heterocycles. The second-order valence-corrected chi connectivity index (χ2v) is 4.26. The molecule has 0 aliphatic heterocycles. The van der Waals surface area contributed by atoms with Crippen LogP contribution in [0.1, 0.15) is 42.7 Å². The molecule has 0 spiro atoms. The van der Waals surface area contributed by atoms with Crippen LogP contribution >= 0.6 is 0 Å². The predicted molar refractivity (Wildman–Crippen MR) is 74.8 cm³/mol. The number of carboxylic acids is 1. The monoisotopic (exact) mass is 266 g/mol. The molecule has 1 aromatic heterocycles. The lowest BCUT2D eigenvalue weighted by atomic mass is 10.1. The van der Waals surface area contributed by atoms with Gasteiger partial charge in [0.15, 0.2) is 0 Å². The van der Waals surface area contributed by atoms with Crippen molar-refractivity contribution in [3.05, 3.63) is 23.4 Å². The molecule has 0 atom stereocenters. The number of hydrogen-bond acceptors (Lipinski definition) is 4. The summed E-state index contributed by atoms with van der Waals surface area (Å²) in [5, 5.41) is 12.2. The van der Waals surface area contributed by atoms with Crippen LogP contribution in [0.25, 0.3) is 0 Å². The van der Waals surface area contributed by atoms with Gasteiger partial charge in [-0.2, -0.15) is 0 Å². The highest BCUT2D eigenvalue weighted by Crippen LogP contribution is 2.12. The number of aryl methyl sites for hydroxylation is 1. The Kier molecular flexibility index (Phi) is 6.89. The molecular formula is C14H22N2O3. The molecule has 0 radical (unpaired) electrons. The lowest BCUT2D eigenvalue weighted by molar-refractivity contribution is 0.0696. The van der Waals surface area contributed by atoms with Crippen molar-refractivity contribution in [1.82, 2.24) is 4.98 Å². The Morgan fingerprint density at radius 1 is 1.42 bits per heavy atom. The molecule has 106 valence electrons. The van der Waals surface area contributed by atoms with Gasteiger partial charge in [-0.05, 0) is 31.9 Å². The van der Waals surface area contributed by atoms with E-state index in [0.29, 0.717) is 19.0 Å². The maximum atomic E-state index is 11.0. The van der Waals surface area contributed by atoms with Gasteiger partial charge < -0.3 is 15.2 Å². The number of aromatic nitrogens is 1. The summed E-state index contributed by atoms with van der Waals surface area (Å²) in [5.74, 6) is -0.294. The van der Waals surface area contributed by atoms with E-state index in [4.69, 9.17) is 9.84 Å². The summed E-state index contributed by atoms with van der Waals surface area (Å²) in [5.41, 5.74) is 1.10. The summed E-state index contributed by atoms with van der Waals surface area (Å²) in [6, 6.07) is 3.21. The van der Waals surface area contributed by atoms with E-state index in [-0.39, 0.29) is 5.56 Å². The minimum atomic E-state index is -0.919. The van der Waals surface area contributed by atoms with E-state index in [1.807, 2.05) is 13.8 Å². The van der Waals surface area contributed by atoms with Gasteiger partial charge >= 0.3 is 5.97 Å². The lowest BCUT2D eigenvalue weighted by Gasteiger charge is -2.09. The number of pyridine rings is 1. The average molecular weight is 266 g/mol. The Hall–Kier alpha value is -1.62. The first-order valence-corrected chi connectivity index (χ1v) is 6.73. The molecule has 0 aromatic carbocycles. The van der Waals surface area contributed by atoms with Crippen molar-refractivity contribution in [3.63, 3.8) is 0 Å². The third-order valence-corrected chi connectivity index (χ3v) is 2.61. The Morgan fingerprint density at radius 2 is 2.21 bits per heavy atom. The first-order chi connectivity index (χ1) is 9.17. The first kappa shape index (κ1) is 15.4. The minimum Gasteiger partial charge on any atom is -0.478 e. The lowest BCUT2D eigenvalue weighted by Crippen LogP contribution is -2.09. The molecule has 0 saturated carbocycles. The van der Waals surface area contributed by atoms with Gasteiger partial charge in [0.2, 0.25) is 0 Å². The van der Waals surface area contributed by atoms with Crippen molar-refractivity contribution in [1.29, 1.82) is 0 Å². The molecule has 1 aromatic rings. The summed E-state index contributed by atoms with van der Waals surface area (Å²) in [6.07, 6.45) is 2.60. The second kappa shape index (κ2) is 8.48. The fourth-order valence-electron chi connectivity index (χ4n) is 1.72. The second-order valence-electron chi connectivity index (χ2n) is 4.26. The molecule has 0 saturated heterocycles. The van der Waals surface area contributed by atoms with Gasteiger partial charge in [0.05, 0.1) is 5.56 Å². The molecule has 5 heteroatoms. The third-order valence-electron chi connectivity index (χ3n) is 2.61. The van der Waals surface area contributed by atoms with Crippen LogP contribution in [0.15, 0.2) is 12.1 Å². The molecule has 2 N–H and O–H groups in total. The van der Waals surface area contributed by atoms with Gasteiger partial charge in [0.25, 0.3) is 0 Å². The van der Waals surface area contributed by atoms with E-state index in [2.05, 4.69) is 10.3 Å². The van der Waals surface area contributed by atoms with Crippen LogP contribution in [0, 0.1) is 0 Å². The van der Waals surface area contributed by atoms with Crippen molar-refractivity contribution < 1.29 is 14.6 Å². The van der Waals surface area contributed by atoms with Gasteiger partial charge in [-0.1, -0.05) is 13.3 Å². The minimum absolute atomic E-state index is 0.283. The zero-order valence-electron chi connectivity index (χ0n) is 11.6. The SMILES string of the molecule is CCCc1cc(C(=O)O)cc(NCCCOCC)n1. The molecule has 0 amide bonds. The summed E-state index contributed by atoms with van der Waals surface area (Å²) in [4.78, 5) is 15.5. The number of aromatic carboxylic acids is 1. The van der Waals surface area contributed by atoms with Gasteiger partial charge in [0, 0.05) is 25.5 Å². The van der Waals surface area contributed by atoms with E-state index in [1.54, 1.807) is 12.1 Å². The third kappa shape index (κ3) is 5.70. The first-order valence-electron chi connectivity index (χ1n) is 6.73. The summed E-state index contributed by atoms with van der Waals surface area (Å²) in [6.45, 7) is 6.14. The summed E-state index contributed by atoms with van der Waals surface area (Å²) in [7, 11) is 0. The molecule has 0 bridgehead atoms. The highest BCUT2D eigenvalue weighted by molar-refractivity contribution is 5.88. The standard InChI is InChI=1S/C14H22N2O3/c1-3-6-12-9-11(14(17)18)10-13(16-12)15-7-5-8-19-4-2/h9-10H,3-8H2,1-2H3,(H,15,16)(H,17,18). The van der Waals surface area contributed by atoms with E-state index in [0.717, 1.165) is 31.5 Å². The van der Waals surface area contributed by atoms with Crippen LogP contribution < -0.4 is 5.32 Å². The quantitative estimate of drug-likeness (QED) is 0.672. The molecule has 1 rings (SSSR count). The van der Waals surface area contributed by atoms with Crippen molar-refractivity contribution >= 4 is 11.8 Å².